The molecule has 0 spiro atoms. The van der Waals surface area contributed by atoms with Crippen molar-refractivity contribution in [3.05, 3.63) is 11.1 Å². The molecule has 0 radical (unpaired) electrons. The third-order valence-corrected chi connectivity index (χ3v) is 6.75. The number of aliphatic carboxylic acids is 1. The van der Waals surface area contributed by atoms with Crippen LogP contribution in [-0.2, 0) is 34.3 Å². The van der Waals surface area contributed by atoms with E-state index in [-0.39, 0.29) is 21.7 Å². The highest BCUT2D eigenvalue weighted by Crippen LogP contribution is 2.26. The number of carbonyl (C=O) groups is 4. The van der Waals surface area contributed by atoms with Crippen molar-refractivity contribution in [2.45, 2.75) is 37.6 Å². The number of nitrogens with one attached hydrogen (secondary N) is 1. The van der Waals surface area contributed by atoms with Crippen LogP contribution in [0.1, 0.15) is 19.5 Å². The Bertz CT molecular complexity index is 1210. The van der Waals surface area contributed by atoms with Crippen LogP contribution in [-0.4, -0.2) is 110 Å². The first-order chi connectivity index (χ1) is 16.7. The van der Waals surface area contributed by atoms with Crippen molar-refractivity contribution in [3.63, 3.8) is 0 Å². The molecule has 1 aromatic rings. The van der Waals surface area contributed by atoms with Crippen molar-refractivity contribution < 1.29 is 51.9 Å². The fraction of sp³-hybridized carbons (Fsp3) is 0.529. The monoisotopic (exact) mass is 550 g/mol. The van der Waals surface area contributed by atoms with E-state index in [1.165, 1.54) is 5.38 Å². The number of aliphatic hydroxyl groups excluding tert-OH is 1. The highest BCUT2D eigenvalue weighted by molar-refractivity contribution is 7.84. The molecule has 3 amide bonds. The average Bonchev–Trinajstić information content (AvgIpc) is 3.35. The number of nitrogen functional groups attached to an aromatic ring is 1. The van der Waals surface area contributed by atoms with Crippen LogP contribution in [0.5, 0.6) is 0 Å². The summed E-state index contributed by atoms with van der Waals surface area (Å²) in [5, 5.41) is 25.5. The zero-order valence-corrected chi connectivity index (χ0v) is 20.4. The molecule has 19 heteroatoms. The van der Waals surface area contributed by atoms with Crippen molar-refractivity contribution in [3.8, 4) is 0 Å². The molecule has 17 nitrogen and oxygen atoms in total. The minimum atomic E-state index is -5.06. The highest BCUT2D eigenvalue weighted by atomic mass is 32.2. The number of hydrogen-bond donors (Lipinski definition) is 5. The van der Waals surface area contributed by atoms with Crippen molar-refractivity contribution in [1.29, 1.82) is 0 Å². The first kappa shape index (κ1) is 27.0. The number of carbonyl (C=O) groups excluding carboxylic acids is 3. The number of hydrogen-bond acceptors (Lipinski definition) is 13. The fourth-order valence-corrected chi connectivity index (χ4v) is 4.61. The number of carboxylic acid groups (broad SMARTS) is 1. The summed E-state index contributed by atoms with van der Waals surface area (Å²) in [7, 11) is -5.06. The van der Waals surface area contributed by atoms with Gasteiger partial charge in [0.15, 0.2) is 10.8 Å². The van der Waals surface area contributed by atoms with Gasteiger partial charge in [0, 0.05) is 11.9 Å². The molecule has 2 fully saturated rings. The molecular formula is C17H22N6O11S2. The topological polar surface area (TPSA) is 251 Å². The summed E-state index contributed by atoms with van der Waals surface area (Å²) in [6.45, 7) is 1.20. The van der Waals surface area contributed by atoms with E-state index in [0.29, 0.717) is 0 Å². The summed E-state index contributed by atoms with van der Waals surface area (Å²) >= 11 is 0.925. The van der Waals surface area contributed by atoms with E-state index in [9.17, 15) is 42.4 Å². The second-order valence-corrected chi connectivity index (χ2v) is 10.3. The van der Waals surface area contributed by atoms with Gasteiger partial charge in [-0.1, -0.05) is 5.16 Å². The van der Waals surface area contributed by atoms with Gasteiger partial charge >= 0.3 is 22.4 Å². The van der Waals surface area contributed by atoms with E-state index in [4.69, 9.17) is 15.3 Å². The summed E-state index contributed by atoms with van der Waals surface area (Å²) < 4.78 is 37.9. The molecule has 6 N–H and O–H groups in total. The summed E-state index contributed by atoms with van der Waals surface area (Å²) in [6.07, 6.45) is -1.79. The van der Waals surface area contributed by atoms with E-state index in [1.807, 2.05) is 0 Å². The lowest BCUT2D eigenvalue weighted by molar-refractivity contribution is -0.161. The number of ether oxygens (including phenoxy) is 1. The number of aliphatic hydroxyl groups is 1. The number of thiazole rings is 1. The van der Waals surface area contributed by atoms with Crippen LogP contribution in [0.15, 0.2) is 10.5 Å². The quantitative estimate of drug-likeness (QED) is 0.0884. The molecule has 0 unspecified atom stereocenters. The molecule has 3 heterocycles. The lowest BCUT2D eigenvalue weighted by atomic mass is 9.97. The number of aromatic nitrogens is 1. The van der Waals surface area contributed by atoms with E-state index in [2.05, 4.69) is 15.5 Å². The number of β-lactam (4-membered cyclic amide) rings is 1. The van der Waals surface area contributed by atoms with Crippen LogP contribution in [0, 0.1) is 0 Å². The third kappa shape index (κ3) is 5.48. The zero-order chi connectivity index (χ0) is 27.0. The van der Waals surface area contributed by atoms with Crippen LogP contribution in [0.3, 0.4) is 0 Å². The van der Waals surface area contributed by atoms with Crippen LogP contribution < -0.4 is 11.1 Å². The fourth-order valence-electron chi connectivity index (χ4n) is 3.19. The molecule has 0 aromatic carbocycles. The predicted octanol–water partition coefficient (Wildman–Crippen LogP) is -2.38. The maximum atomic E-state index is 13.0. The molecule has 3 rings (SSSR count). The van der Waals surface area contributed by atoms with Crippen LogP contribution >= 0.6 is 11.3 Å². The standard InChI is InChI=1S/C17H22N6O11S2/c1-17(2,14(27)28)34-21-10(8-6-35-15(18)19-8)12(25)20-11-9(23(13(11)26)36(30,31)32)4-22-3-7(5-24)33-16(22)29/h6-7,9,11,24H,3-5H2,1-2H3,(H2,18,19)(H,20,25)(H,27,28)(H,30,31,32)/t7-,9+,11+/m1/s1. The van der Waals surface area contributed by atoms with Gasteiger partial charge in [-0.2, -0.15) is 8.42 Å². The van der Waals surface area contributed by atoms with E-state index in [1.54, 1.807) is 0 Å². The molecule has 2 saturated heterocycles. The number of anilines is 1. The number of nitrogens with two attached hydrogens (primary N) is 1. The number of rotatable bonds is 10. The summed E-state index contributed by atoms with van der Waals surface area (Å²) in [5.74, 6) is -3.73. The molecule has 198 valence electrons. The average molecular weight is 551 g/mol. The van der Waals surface area contributed by atoms with Gasteiger partial charge in [0.25, 0.3) is 11.8 Å². The molecule has 36 heavy (non-hydrogen) atoms. The number of oxime groups is 1. The normalized spacial score (nSPS) is 22.8. The van der Waals surface area contributed by atoms with Crippen molar-refractivity contribution >= 4 is 56.4 Å². The van der Waals surface area contributed by atoms with Crippen molar-refractivity contribution in [1.82, 2.24) is 19.5 Å². The Morgan fingerprint density at radius 3 is 2.58 bits per heavy atom. The van der Waals surface area contributed by atoms with Crippen LogP contribution in [0.4, 0.5) is 9.93 Å². The van der Waals surface area contributed by atoms with Gasteiger partial charge in [-0.15, -0.1) is 11.3 Å². The predicted molar refractivity (Wildman–Crippen MR) is 119 cm³/mol. The molecule has 2 aliphatic rings. The van der Waals surface area contributed by atoms with Gasteiger partial charge in [-0.25, -0.2) is 18.9 Å². The lowest BCUT2D eigenvalue weighted by Gasteiger charge is -2.45. The van der Waals surface area contributed by atoms with E-state index < -0.39 is 76.8 Å². The lowest BCUT2D eigenvalue weighted by Crippen LogP contribution is -2.74. The molecule has 0 bridgehead atoms. The smallest absolute Gasteiger partial charge is 0.410 e. The molecule has 0 saturated carbocycles. The van der Waals surface area contributed by atoms with E-state index >= 15 is 0 Å². The zero-order valence-electron chi connectivity index (χ0n) is 18.7. The Morgan fingerprint density at radius 2 is 2.08 bits per heavy atom. The van der Waals surface area contributed by atoms with Crippen LogP contribution in [0.25, 0.3) is 0 Å². The summed E-state index contributed by atoms with van der Waals surface area (Å²) in [5.41, 5.74) is 3.03. The summed E-state index contributed by atoms with van der Waals surface area (Å²) in [6, 6.07) is -3.01. The third-order valence-electron chi connectivity index (χ3n) is 5.13. The summed E-state index contributed by atoms with van der Waals surface area (Å²) in [4.78, 5) is 58.7. The van der Waals surface area contributed by atoms with Gasteiger partial charge in [0.1, 0.15) is 17.8 Å². The maximum Gasteiger partial charge on any atom is 0.410 e. The Labute approximate surface area is 207 Å². The Morgan fingerprint density at radius 1 is 1.42 bits per heavy atom. The highest BCUT2D eigenvalue weighted by Gasteiger charge is 2.55. The van der Waals surface area contributed by atoms with Crippen molar-refractivity contribution in [2.24, 2.45) is 5.16 Å². The van der Waals surface area contributed by atoms with Crippen LogP contribution in [0.2, 0.25) is 0 Å². The molecule has 2 aliphatic heterocycles. The Kier molecular flexibility index (Phi) is 7.39. The van der Waals surface area contributed by atoms with Gasteiger partial charge in [0.05, 0.1) is 19.2 Å². The minimum absolute atomic E-state index is 0.0316. The number of amides is 3. The SMILES string of the molecule is CC(C)(ON=C(C(=O)N[C@@H]1C(=O)N(S(=O)(=O)O)[C@H]1CN1C[C@H](CO)OC1=O)c1csc(N)n1)C(=O)O. The first-order valence-electron chi connectivity index (χ1n) is 10.0. The van der Waals surface area contributed by atoms with Crippen molar-refractivity contribution in [2.75, 3.05) is 25.4 Å². The van der Waals surface area contributed by atoms with Gasteiger partial charge in [0.2, 0.25) is 5.60 Å². The minimum Gasteiger partial charge on any atom is -0.478 e. The second kappa shape index (κ2) is 9.84. The maximum absolute atomic E-state index is 13.0. The Hall–Kier alpha value is -3.55. The van der Waals surface area contributed by atoms with Gasteiger partial charge in [-0.05, 0) is 13.8 Å². The molecule has 3 atom stereocenters. The number of carboxylic acids is 1. The Balaban J connectivity index is 1.86. The van der Waals surface area contributed by atoms with Gasteiger partial charge in [-0.3, -0.25) is 14.1 Å². The molecular weight excluding hydrogens is 528 g/mol. The number of nitrogens with zero attached hydrogens (tertiary/aromatic N) is 4. The second-order valence-electron chi connectivity index (χ2n) is 8.14. The van der Waals surface area contributed by atoms with E-state index in [0.717, 1.165) is 30.1 Å². The molecule has 1 aromatic heterocycles. The van der Waals surface area contributed by atoms with Gasteiger partial charge < -0.3 is 35.7 Å². The first-order valence-corrected chi connectivity index (χ1v) is 12.3. The molecule has 0 aliphatic carbocycles. The number of cyclic esters (lactones) is 1. The largest absolute Gasteiger partial charge is 0.478 e.